The molecule has 0 bridgehead atoms. The van der Waals surface area contributed by atoms with E-state index in [1.807, 2.05) is 12.1 Å². The standard InChI is InChI=1S/C23H30N2O2/c1-25(22-9-3-2-4-10-22)17-21-8-6-5-7-20(21)16-24-15-18-11-13-19(14-12-18)23(26)27/h5-8,11-14,22,24H,2-4,9-10,15-17H2,1H3,(H,26,27). The van der Waals surface area contributed by atoms with Crippen molar-refractivity contribution in [3.05, 3.63) is 70.8 Å². The number of carboxylic acid groups (broad SMARTS) is 1. The minimum Gasteiger partial charge on any atom is -0.478 e. The van der Waals surface area contributed by atoms with Gasteiger partial charge in [-0.2, -0.15) is 0 Å². The van der Waals surface area contributed by atoms with Gasteiger partial charge in [0.05, 0.1) is 5.56 Å². The number of carbonyl (C=O) groups is 1. The Bertz CT molecular complexity index is 736. The average molecular weight is 367 g/mol. The van der Waals surface area contributed by atoms with Gasteiger partial charge >= 0.3 is 5.97 Å². The molecule has 0 atom stereocenters. The first-order valence-electron chi connectivity index (χ1n) is 9.93. The van der Waals surface area contributed by atoms with Gasteiger partial charge in [0.25, 0.3) is 0 Å². The summed E-state index contributed by atoms with van der Waals surface area (Å²) >= 11 is 0. The molecular formula is C23H30N2O2. The predicted octanol–water partition coefficient (Wildman–Crippen LogP) is 4.44. The number of aromatic carboxylic acids is 1. The minimum absolute atomic E-state index is 0.329. The van der Waals surface area contributed by atoms with Crippen LogP contribution >= 0.6 is 0 Å². The molecule has 27 heavy (non-hydrogen) atoms. The van der Waals surface area contributed by atoms with E-state index in [-0.39, 0.29) is 0 Å². The van der Waals surface area contributed by atoms with Crippen LogP contribution in [0.3, 0.4) is 0 Å². The summed E-state index contributed by atoms with van der Waals surface area (Å²) in [6.45, 7) is 2.54. The van der Waals surface area contributed by atoms with E-state index in [9.17, 15) is 4.79 Å². The number of nitrogens with zero attached hydrogens (tertiary/aromatic N) is 1. The molecule has 2 N–H and O–H groups in total. The molecule has 1 fully saturated rings. The van der Waals surface area contributed by atoms with Crippen LogP contribution in [0.4, 0.5) is 0 Å². The molecule has 1 saturated carbocycles. The molecule has 4 heteroatoms. The van der Waals surface area contributed by atoms with Gasteiger partial charge < -0.3 is 10.4 Å². The lowest BCUT2D eigenvalue weighted by Gasteiger charge is -2.31. The van der Waals surface area contributed by atoms with Crippen molar-refractivity contribution in [3.63, 3.8) is 0 Å². The van der Waals surface area contributed by atoms with Crippen LogP contribution in [0, 0.1) is 0 Å². The van der Waals surface area contributed by atoms with Crippen molar-refractivity contribution in [1.82, 2.24) is 10.2 Å². The summed E-state index contributed by atoms with van der Waals surface area (Å²) in [5, 5.41) is 12.5. The van der Waals surface area contributed by atoms with Crippen LogP contribution in [0.1, 0.15) is 59.2 Å². The Balaban J connectivity index is 1.54. The smallest absolute Gasteiger partial charge is 0.335 e. The topological polar surface area (TPSA) is 52.6 Å². The highest BCUT2D eigenvalue weighted by Crippen LogP contribution is 2.23. The first-order valence-corrected chi connectivity index (χ1v) is 9.93. The maximum atomic E-state index is 10.9. The fraction of sp³-hybridized carbons (Fsp3) is 0.435. The maximum absolute atomic E-state index is 10.9. The Morgan fingerprint density at radius 2 is 1.67 bits per heavy atom. The van der Waals surface area contributed by atoms with Crippen LogP contribution in [0.5, 0.6) is 0 Å². The Morgan fingerprint density at radius 3 is 2.33 bits per heavy atom. The van der Waals surface area contributed by atoms with Crippen LogP contribution in [-0.4, -0.2) is 29.1 Å². The Hall–Kier alpha value is -2.17. The fourth-order valence-corrected chi connectivity index (χ4v) is 3.91. The lowest BCUT2D eigenvalue weighted by molar-refractivity contribution is 0.0697. The second-order valence-corrected chi connectivity index (χ2v) is 7.58. The molecule has 2 aromatic rings. The molecule has 0 spiro atoms. The van der Waals surface area contributed by atoms with Crippen molar-refractivity contribution in [2.45, 2.75) is 57.8 Å². The highest BCUT2D eigenvalue weighted by molar-refractivity contribution is 5.87. The molecule has 2 aromatic carbocycles. The molecule has 4 nitrogen and oxygen atoms in total. The third-order valence-corrected chi connectivity index (χ3v) is 5.58. The molecule has 0 amide bonds. The van der Waals surface area contributed by atoms with Crippen molar-refractivity contribution in [2.24, 2.45) is 0 Å². The van der Waals surface area contributed by atoms with Crippen molar-refractivity contribution >= 4 is 5.97 Å². The molecule has 1 aliphatic rings. The number of rotatable bonds is 8. The Kier molecular flexibility index (Phi) is 7.02. The van der Waals surface area contributed by atoms with Crippen LogP contribution in [0.2, 0.25) is 0 Å². The molecule has 3 rings (SSSR count). The van der Waals surface area contributed by atoms with E-state index in [0.717, 1.165) is 25.2 Å². The number of carboxylic acids is 1. The quantitative estimate of drug-likeness (QED) is 0.725. The third-order valence-electron chi connectivity index (χ3n) is 5.58. The zero-order chi connectivity index (χ0) is 19.1. The third kappa shape index (κ3) is 5.65. The first-order chi connectivity index (χ1) is 13.1. The fourth-order valence-electron chi connectivity index (χ4n) is 3.91. The molecule has 1 aliphatic carbocycles. The average Bonchev–Trinajstić information content (AvgIpc) is 2.70. The first kappa shape index (κ1) is 19.6. The Morgan fingerprint density at radius 1 is 1.00 bits per heavy atom. The minimum atomic E-state index is -0.884. The molecule has 0 saturated heterocycles. The van der Waals surface area contributed by atoms with Crippen LogP contribution < -0.4 is 5.32 Å². The van der Waals surface area contributed by atoms with Gasteiger partial charge in [-0.05, 0) is 48.7 Å². The number of hydrogen-bond acceptors (Lipinski definition) is 3. The van der Waals surface area contributed by atoms with Crippen molar-refractivity contribution in [2.75, 3.05) is 7.05 Å². The van der Waals surface area contributed by atoms with Gasteiger partial charge in [-0.1, -0.05) is 55.7 Å². The Labute approximate surface area is 162 Å². The summed E-state index contributed by atoms with van der Waals surface area (Å²) in [7, 11) is 2.25. The summed E-state index contributed by atoms with van der Waals surface area (Å²) < 4.78 is 0. The predicted molar refractivity (Wildman–Crippen MR) is 109 cm³/mol. The van der Waals surface area contributed by atoms with Gasteiger partial charge in [-0.25, -0.2) is 4.79 Å². The van der Waals surface area contributed by atoms with Crippen LogP contribution in [0.25, 0.3) is 0 Å². The number of benzene rings is 2. The lowest BCUT2D eigenvalue weighted by atomic mass is 9.94. The highest BCUT2D eigenvalue weighted by Gasteiger charge is 2.18. The zero-order valence-corrected chi connectivity index (χ0v) is 16.2. The van der Waals surface area contributed by atoms with Crippen LogP contribution in [-0.2, 0) is 19.6 Å². The second kappa shape index (κ2) is 9.67. The summed E-state index contributed by atoms with van der Waals surface area (Å²) in [6, 6.07) is 16.4. The van der Waals surface area contributed by atoms with E-state index >= 15 is 0 Å². The molecule has 0 radical (unpaired) electrons. The molecule has 144 valence electrons. The molecule has 0 aromatic heterocycles. The highest BCUT2D eigenvalue weighted by atomic mass is 16.4. The van der Waals surface area contributed by atoms with Gasteiger partial charge in [-0.3, -0.25) is 4.90 Å². The second-order valence-electron chi connectivity index (χ2n) is 7.58. The molecular weight excluding hydrogens is 336 g/mol. The van der Waals surface area contributed by atoms with Crippen LogP contribution in [0.15, 0.2) is 48.5 Å². The maximum Gasteiger partial charge on any atom is 0.335 e. The monoisotopic (exact) mass is 366 g/mol. The lowest BCUT2D eigenvalue weighted by Crippen LogP contribution is -2.33. The van der Waals surface area contributed by atoms with E-state index in [2.05, 4.69) is 41.5 Å². The molecule has 0 heterocycles. The summed E-state index contributed by atoms with van der Waals surface area (Å²) in [5.74, 6) is -0.884. The number of hydrogen-bond donors (Lipinski definition) is 2. The normalized spacial score (nSPS) is 15.2. The van der Waals surface area contributed by atoms with E-state index in [1.54, 1.807) is 12.1 Å². The van der Waals surface area contributed by atoms with Crippen molar-refractivity contribution < 1.29 is 9.90 Å². The number of nitrogens with one attached hydrogen (secondary N) is 1. The van der Waals surface area contributed by atoms with Crippen molar-refractivity contribution in [3.8, 4) is 0 Å². The van der Waals surface area contributed by atoms with E-state index in [4.69, 9.17) is 5.11 Å². The molecule has 0 unspecified atom stereocenters. The van der Waals surface area contributed by atoms with Crippen molar-refractivity contribution in [1.29, 1.82) is 0 Å². The summed E-state index contributed by atoms with van der Waals surface area (Å²) in [4.78, 5) is 13.4. The SMILES string of the molecule is CN(Cc1ccccc1CNCc1ccc(C(=O)O)cc1)C1CCCCC1. The van der Waals surface area contributed by atoms with Gasteiger partial charge in [-0.15, -0.1) is 0 Å². The summed E-state index contributed by atoms with van der Waals surface area (Å²) in [6.07, 6.45) is 6.75. The van der Waals surface area contributed by atoms with E-state index in [1.165, 1.54) is 43.2 Å². The van der Waals surface area contributed by atoms with Gasteiger partial charge in [0.15, 0.2) is 0 Å². The zero-order valence-electron chi connectivity index (χ0n) is 16.2. The largest absolute Gasteiger partial charge is 0.478 e. The summed E-state index contributed by atoms with van der Waals surface area (Å²) in [5.41, 5.74) is 4.15. The van der Waals surface area contributed by atoms with Gasteiger partial charge in [0.1, 0.15) is 0 Å². The molecule has 0 aliphatic heterocycles. The van der Waals surface area contributed by atoms with Gasteiger partial charge in [0, 0.05) is 25.7 Å². The van der Waals surface area contributed by atoms with E-state index < -0.39 is 5.97 Å². The van der Waals surface area contributed by atoms with Gasteiger partial charge in [0.2, 0.25) is 0 Å². The van der Waals surface area contributed by atoms with E-state index in [0.29, 0.717) is 11.6 Å².